The van der Waals surface area contributed by atoms with Gasteiger partial charge >= 0.3 is 0 Å². The molecule has 0 fully saturated rings. The fraction of sp³-hybridized carbons (Fsp3) is 0.167. The number of nitrogens with zero attached hydrogens (tertiary/aromatic N) is 1. The van der Waals surface area contributed by atoms with Gasteiger partial charge in [0.05, 0.1) is 0 Å². The smallest absolute Gasteiger partial charge is 0.123 e. The van der Waals surface area contributed by atoms with Gasteiger partial charge in [-0.1, -0.05) is 0 Å². The summed E-state index contributed by atoms with van der Waals surface area (Å²) in [5.41, 5.74) is 6.50. The van der Waals surface area contributed by atoms with Crippen molar-refractivity contribution in [3.63, 3.8) is 0 Å². The molecule has 0 unspecified atom stereocenters. The summed E-state index contributed by atoms with van der Waals surface area (Å²) in [6.07, 6.45) is 1.70. The Kier molecular flexibility index (Phi) is 7.14. The Morgan fingerprint density at radius 1 is 1.40 bits per heavy atom. The van der Waals surface area contributed by atoms with E-state index in [0.717, 1.165) is 5.56 Å². The first-order valence-corrected chi connectivity index (χ1v) is 2.47. The molecule has 0 radical (unpaired) electrons. The van der Waals surface area contributed by atoms with Crippen molar-refractivity contribution in [3.8, 4) is 0 Å². The second kappa shape index (κ2) is 5.68. The molecule has 4 heteroatoms. The van der Waals surface area contributed by atoms with Crippen LogP contribution in [-0.2, 0) is 0 Å². The maximum atomic E-state index is 5.35. The van der Waals surface area contributed by atoms with Crippen molar-refractivity contribution in [2.45, 2.75) is 6.92 Å². The first kappa shape index (κ1) is 12.6. The molecule has 1 rings (SSSR count). The lowest BCUT2D eigenvalue weighted by atomic mass is 10.3. The number of pyridine rings is 1. The van der Waals surface area contributed by atoms with E-state index in [1.54, 1.807) is 6.20 Å². The average Bonchev–Trinajstić information content (AvgIpc) is 1.64. The lowest BCUT2D eigenvalue weighted by Crippen LogP contribution is -1.87. The number of hydrogen-bond acceptors (Lipinski definition) is 2. The highest BCUT2D eigenvalue weighted by atomic mass is 79.9. The van der Waals surface area contributed by atoms with Crippen molar-refractivity contribution in [2.75, 3.05) is 5.73 Å². The minimum atomic E-state index is 0. The summed E-state index contributed by atoms with van der Waals surface area (Å²) < 4.78 is 0. The third-order valence-corrected chi connectivity index (χ3v) is 0.937. The predicted octanol–water partition coefficient (Wildman–Crippen LogP) is 2.13. The monoisotopic (exact) mass is 268 g/mol. The van der Waals surface area contributed by atoms with Crippen molar-refractivity contribution in [1.82, 2.24) is 4.98 Å². The molecule has 1 aromatic heterocycles. The number of rotatable bonds is 0. The second-order valence-electron chi connectivity index (χ2n) is 1.76. The molecule has 0 saturated heterocycles. The zero-order valence-corrected chi connectivity index (χ0v) is 9.00. The van der Waals surface area contributed by atoms with E-state index < -0.39 is 0 Å². The molecule has 0 aliphatic rings. The van der Waals surface area contributed by atoms with Gasteiger partial charge in [0.25, 0.3) is 0 Å². The molecule has 0 amide bonds. The maximum Gasteiger partial charge on any atom is 0.123 e. The van der Waals surface area contributed by atoms with Gasteiger partial charge in [0, 0.05) is 6.20 Å². The van der Waals surface area contributed by atoms with Crippen LogP contribution < -0.4 is 5.73 Å². The van der Waals surface area contributed by atoms with Crippen LogP contribution in [0.15, 0.2) is 18.3 Å². The minimum absolute atomic E-state index is 0. The van der Waals surface area contributed by atoms with Crippen molar-refractivity contribution in [2.24, 2.45) is 0 Å². The Balaban J connectivity index is 0. The van der Waals surface area contributed by atoms with E-state index in [0.29, 0.717) is 5.82 Å². The van der Waals surface area contributed by atoms with E-state index in [2.05, 4.69) is 4.98 Å². The lowest BCUT2D eigenvalue weighted by molar-refractivity contribution is 1.30. The van der Waals surface area contributed by atoms with Crippen LogP contribution in [0.3, 0.4) is 0 Å². The molecule has 0 aromatic carbocycles. The Labute approximate surface area is 81.4 Å². The second-order valence-corrected chi connectivity index (χ2v) is 1.76. The van der Waals surface area contributed by atoms with Crippen LogP contribution in [-0.4, -0.2) is 4.98 Å². The summed E-state index contributed by atoms with van der Waals surface area (Å²) in [7, 11) is 0. The summed E-state index contributed by atoms with van der Waals surface area (Å²) in [6.45, 7) is 1.98. The molecular formula is C6H10Br2N2. The van der Waals surface area contributed by atoms with E-state index in [9.17, 15) is 0 Å². The lowest BCUT2D eigenvalue weighted by Gasteiger charge is -1.90. The average molecular weight is 270 g/mol. The topological polar surface area (TPSA) is 38.9 Å². The van der Waals surface area contributed by atoms with Crippen LogP contribution in [0.1, 0.15) is 5.56 Å². The fourth-order valence-corrected chi connectivity index (χ4v) is 0.560. The number of aryl methyl sites for hydroxylation is 1. The number of hydrogen-bond donors (Lipinski definition) is 1. The normalized spacial score (nSPS) is 7.30. The van der Waals surface area contributed by atoms with Crippen LogP contribution in [0.5, 0.6) is 0 Å². The highest BCUT2D eigenvalue weighted by Gasteiger charge is 1.82. The molecule has 0 aliphatic carbocycles. The molecule has 2 N–H and O–H groups in total. The molecule has 2 nitrogen and oxygen atoms in total. The van der Waals surface area contributed by atoms with Crippen LogP contribution in [0.25, 0.3) is 0 Å². The Hall–Kier alpha value is -0.0900. The van der Waals surface area contributed by atoms with Gasteiger partial charge in [0.2, 0.25) is 0 Å². The highest BCUT2D eigenvalue weighted by molar-refractivity contribution is 8.93. The molecular weight excluding hydrogens is 260 g/mol. The SMILES string of the molecule is Br.Br.Cc1ccnc(N)c1. The summed E-state index contributed by atoms with van der Waals surface area (Å²) in [6, 6.07) is 3.75. The van der Waals surface area contributed by atoms with E-state index in [1.807, 2.05) is 19.1 Å². The van der Waals surface area contributed by atoms with Gasteiger partial charge in [-0.15, -0.1) is 34.0 Å². The molecule has 0 bridgehead atoms. The molecule has 58 valence electrons. The minimum Gasteiger partial charge on any atom is -0.384 e. The summed E-state index contributed by atoms with van der Waals surface area (Å²) in [5.74, 6) is 0.588. The van der Waals surface area contributed by atoms with Gasteiger partial charge in [-0.05, 0) is 24.6 Å². The van der Waals surface area contributed by atoms with Crippen LogP contribution in [0.4, 0.5) is 5.82 Å². The van der Waals surface area contributed by atoms with Crippen LogP contribution in [0, 0.1) is 6.92 Å². The number of nitrogen functional groups attached to an aromatic ring is 1. The molecule has 0 atom stereocenters. The number of anilines is 1. The summed E-state index contributed by atoms with van der Waals surface area (Å²) >= 11 is 0. The van der Waals surface area contributed by atoms with E-state index >= 15 is 0 Å². The fourth-order valence-electron chi connectivity index (χ4n) is 0.560. The van der Waals surface area contributed by atoms with Gasteiger partial charge < -0.3 is 5.73 Å². The van der Waals surface area contributed by atoms with Gasteiger partial charge in [-0.3, -0.25) is 0 Å². The van der Waals surface area contributed by atoms with Crippen LogP contribution in [0.2, 0.25) is 0 Å². The van der Waals surface area contributed by atoms with Gasteiger partial charge in [0.15, 0.2) is 0 Å². The van der Waals surface area contributed by atoms with Crippen molar-refractivity contribution in [1.29, 1.82) is 0 Å². The number of halogens is 2. The van der Waals surface area contributed by atoms with Crippen molar-refractivity contribution >= 4 is 39.8 Å². The van der Waals surface area contributed by atoms with E-state index in [4.69, 9.17) is 5.73 Å². The Morgan fingerprint density at radius 2 is 2.00 bits per heavy atom. The summed E-state index contributed by atoms with van der Waals surface area (Å²) in [4.78, 5) is 3.82. The van der Waals surface area contributed by atoms with Gasteiger partial charge in [-0.25, -0.2) is 4.98 Å². The van der Waals surface area contributed by atoms with Crippen LogP contribution >= 0.6 is 34.0 Å². The number of nitrogens with two attached hydrogens (primary N) is 1. The van der Waals surface area contributed by atoms with Crippen molar-refractivity contribution in [3.05, 3.63) is 23.9 Å². The molecule has 0 aliphatic heterocycles. The predicted molar refractivity (Wildman–Crippen MR) is 54.0 cm³/mol. The first-order valence-electron chi connectivity index (χ1n) is 2.47. The standard InChI is InChI=1S/C6H8N2.2BrH/c1-5-2-3-8-6(7)4-5;;/h2-4H,1H3,(H2,7,8);2*1H. The zero-order valence-electron chi connectivity index (χ0n) is 5.57. The largest absolute Gasteiger partial charge is 0.384 e. The molecule has 1 heterocycles. The molecule has 0 saturated carbocycles. The Morgan fingerprint density at radius 3 is 2.30 bits per heavy atom. The summed E-state index contributed by atoms with van der Waals surface area (Å²) in [5, 5.41) is 0. The first-order chi connectivity index (χ1) is 3.79. The highest BCUT2D eigenvalue weighted by Crippen LogP contribution is 1.98. The third-order valence-electron chi connectivity index (χ3n) is 0.937. The van der Waals surface area contributed by atoms with Gasteiger partial charge in [0.1, 0.15) is 5.82 Å². The van der Waals surface area contributed by atoms with E-state index in [-0.39, 0.29) is 34.0 Å². The third kappa shape index (κ3) is 3.85. The van der Waals surface area contributed by atoms with E-state index in [1.165, 1.54) is 0 Å². The molecule has 1 aromatic rings. The molecule has 0 spiro atoms. The quantitative estimate of drug-likeness (QED) is 0.784. The molecule has 10 heavy (non-hydrogen) atoms. The van der Waals surface area contributed by atoms with Crippen molar-refractivity contribution < 1.29 is 0 Å². The zero-order chi connectivity index (χ0) is 5.98. The Bertz CT molecular complexity index is 174. The van der Waals surface area contributed by atoms with Gasteiger partial charge in [-0.2, -0.15) is 0 Å². The maximum absolute atomic E-state index is 5.35. The number of aromatic nitrogens is 1.